The molecule has 156 valence electrons. The number of hydrogen-bond acceptors (Lipinski definition) is 5. The van der Waals surface area contributed by atoms with E-state index in [4.69, 9.17) is 4.74 Å². The number of carbonyl (C=O) groups excluding carboxylic acids is 1. The molecule has 1 fully saturated rings. The molecule has 2 N–H and O–H groups in total. The Hall–Kier alpha value is -2.80. The van der Waals surface area contributed by atoms with Gasteiger partial charge in [-0.05, 0) is 44.6 Å². The molecular formula is C22H31N5O2. The van der Waals surface area contributed by atoms with E-state index in [0.717, 1.165) is 35.8 Å². The number of aromatic nitrogens is 1. The highest BCUT2D eigenvalue weighted by Gasteiger charge is 2.19. The van der Waals surface area contributed by atoms with E-state index >= 15 is 0 Å². The lowest BCUT2D eigenvalue weighted by molar-refractivity contribution is 0.231. The largest absolute Gasteiger partial charge is 0.496 e. The Balaban J connectivity index is 1.50. The fourth-order valence-electron chi connectivity index (χ4n) is 3.60. The van der Waals surface area contributed by atoms with Gasteiger partial charge in [-0.15, -0.1) is 0 Å². The molecule has 1 atom stereocenters. The van der Waals surface area contributed by atoms with E-state index in [0.29, 0.717) is 13.1 Å². The molecule has 0 bridgehead atoms. The van der Waals surface area contributed by atoms with Gasteiger partial charge in [0, 0.05) is 37.9 Å². The molecule has 0 radical (unpaired) electrons. The molecular weight excluding hydrogens is 366 g/mol. The number of rotatable bonds is 8. The lowest BCUT2D eigenvalue weighted by atomic mass is 10.0. The first-order valence-electron chi connectivity index (χ1n) is 10.1. The molecule has 29 heavy (non-hydrogen) atoms. The van der Waals surface area contributed by atoms with Gasteiger partial charge < -0.3 is 25.2 Å². The molecule has 2 aromatic rings. The molecule has 1 unspecified atom stereocenters. The van der Waals surface area contributed by atoms with E-state index in [1.54, 1.807) is 7.11 Å². The van der Waals surface area contributed by atoms with Crippen LogP contribution in [0.1, 0.15) is 30.0 Å². The van der Waals surface area contributed by atoms with Gasteiger partial charge in [0.15, 0.2) is 0 Å². The molecule has 3 rings (SSSR count). The Morgan fingerprint density at radius 2 is 1.93 bits per heavy atom. The van der Waals surface area contributed by atoms with Gasteiger partial charge >= 0.3 is 6.03 Å². The zero-order valence-electron chi connectivity index (χ0n) is 17.5. The van der Waals surface area contributed by atoms with Crippen molar-refractivity contribution in [2.45, 2.75) is 25.4 Å². The fraction of sp³-hybridized carbons (Fsp3) is 0.455. The van der Waals surface area contributed by atoms with Crippen LogP contribution >= 0.6 is 0 Å². The van der Waals surface area contributed by atoms with Crippen molar-refractivity contribution in [3.05, 3.63) is 53.7 Å². The molecule has 7 nitrogen and oxygen atoms in total. The van der Waals surface area contributed by atoms with Crippen LogP contribution in [0.15, 0.2) is 42.6 Å². The summed E-state index contributed by atoms with van der Waals surface area (Å²) in [6.45, 7) is 3.07. The average molecular weight is 398 g/mol. The van der Waals surface area contributed by atoms with Crippen molar-refractivity contribution in [2.75, 3.05) is 45.7 Å². The van der Waals surface area contributed by atoms with Crippen molar-refractivity contribution in [1.29, 1.82) is 0 Å². The molecule has 0 saturated carbocycles. The number of likely N-dealkylation sites (N-methyl/N-ethyl adjacent to an activating group) is 1. The molecule has 1 aromatic carbocycles. The second-order valence-electron chi connectivity index (χ2n) is 7.50. The van der Waals surface area contributed by atoms with E-state index in [9.17, 15) is 4.79 Å². The third-order valence-corrected chi connectivity index (χ3v) is 5.27. The Labute approximate surface area is 173 Å². The quantitative estimate of drug-likeness (QED) is 0.717. The summed E-state index contributed by atoms with van der Waals surface area (Å²) in [6, 6.07) is 11.8. The van der Waals surface area contributed by atoms with Crippen LogP contribution in [0.5, 0.6) is 5.75 Å². The summed E-state index contributed by atoms with van der Waals surface area (Å²) in [5.74, 6) is 1.83. The van der Waals surface area contributed by atoms with E-state index < -0.39 is 0 Å². The number of nitrogens with one attached hydrogen (secondary N) is 2. The lowest BCUT2D eigenvalue weighted by Gasteiger charge is -2.26. The Morgan fingerprint density at radius 3 is 2.59 bits per heavy atom. The number of amides is 2. The number of nitrogens with zero attached hydrogens (tertiary/aromatic N) is 3. The van der Waals surface area contributed by atoms with Gasteiger partial charge in [-0.3, -0.25) is 0 Å². The molecule has 0 spiro atoms. The zero-order valence-corrected chi connectivity index (χ0v) is 17.5. The van der Waals surface area contributed by atoms with Gasteiger partial charge in [0.1, 0.15) is 11.6 Å². The number of hydrogen-bond donors (Lipinski definition) is 2. The second-order valence-corrected chi connectivity index (χ2v) is 7.50. The molecule has 0 aliphatic carbocycles. The van der Waals surface area contributed by atoms with E-state index in [1.807, 2.05) is 56.7 Å². The van der Waals surface area contributed by atoms with Crippen molar-refractivity contribution in [3.63, 3.8) is 0 Å². The average Bonchev–Trinajstić information content (AvgIpc) is 3.28. The van der Waals surface area contributed by atoms with Crippen LogP contribution in [-0.2, 0) is 6.54 Å². The number of benzene rings is 1. The first-order valence-corrected chi connectivity index (χ1v) is 10.1. The maximum absolute atomic E-state index is 12.3. The van der Waals surface area contributed by atoms with Gasteiger partial charge in [0.25, 0.3) is 0 Å². The van der Waals surface area contributed by atoms with Gasteiger partial charge in [-0.2, -0.15) is 0 Å². The van der Waals surface area contributed by atoms with Crippen molar-refractivity contribution < 1.29 is 9.53 Å². The molecule has 7 heteroatoms. The van der Waals surface area contributed by atoms with Crippen LogP contribution in [0.2, 0.25) is 0 Å². The summed E-state index contributed by atoms with van der Waals surface area (Å²) >= 11 is 0. The second kappa shape index (κ2) is 10.1. The minimum atomic E-state index is -0.199. The van der Waals surface area contributed by atoms with E-state index in [1.165, 1.54) is 12.8 Å². The SMILES string of the molecule is COc1ccccc1C(CNC(=O)NCc1ccc(N2CCCC2)nc1)N(C)C. The normalized spacial score (nSPS) is 14.7. The summed E-state index contributed by atoms with van der Waals surface area (Å²) < 4.78 is 5.47. The Bertz CT molecular complexity index is 788. The zero-order chi connectivity index (χ0) is 20.6. The maximum atomic E-state index is 12.3. The molecule has 2 heterocycles. The lowest BCUT2D eigenvalue weighted by Crippen LogP contribution is -2.40. The summed E-state index contributed by atoms with van der Waals surface area (Å²) in [6.07, 6.45) is 4.30. The standard InChI is InChI=1S/C22H31N5O2/c1-26(2)19(18-8-4-5-9-20(18)29-3)16-25-22(28)24-15-17-10-11-21(23-14-17)27-12-6-7-13-27/h4-5,8-11,14,19H,6-7,12-13,15-16H2,1-3H3,(H2,24,25,28). The summed E-state index contributed by atoms with van der Waals surface area (Å²) in [5.41, 5.74) is 2.03. The highest BCUT2D eigenvalue weighted by atomic mass is 16.5. The predicted molar refractivity (Wildman–Crippen MR) is 115 cm³/mol. The molecule has 1 saturated heterocycles. The highest BCUT2D eigenvalue weighted by Crippen LogP contribution is 2.27. The van der Waals surface area contributed by atoms with Gasteiger partial charge in [-0.25, -0.2) is 9.78 Å². The monoisotopic (exact) mass is 397 g/mol. The smallest absolute Gasteiger partial charge is 0.315 e. The van der Waals surface area contributed by atoms with Crippen molar-refractivity contribution in [1.82, 2.24) is 20.5 Å². The number of pyridine rings is 1. The third-order valence-electron chi connectivity index (χ3n) is 5.27. The van der Waals surface area contributed by atoms with Crippen LogP contribution < -0.4 is 20.3 Å². The topological polar surface area (TPSA) is 69.7 Å². The van der Waals surface area contributed by atoms with Crippen LogP contribution in [0.4, 0.5) is 10.6 Å². The summed E-state index contributed by atoms with van der Waals surface area (Å²) in [7, 11) is 5.64. The number of methoxy groups -OCH3 is 1. The van der Waals surface area contributed by atoms with Crippen molar-refractivity contribution >= 4 is 11.8 Å². The first-order chi connectivity index (χ1) is 14.1. The van der Waals surface area contributed by atoms with Crippen LogP contribution in [0.25, 0.3) is 0 Å². The van der Waals surface area contributed by atoms with Crippen LogP contribution in [0, 0.1) is 0 Å². The Kier molecular flexibility index (Phi) is 7.30. The van der Waals surface area contributed by atoms with Gasteiger partial charge in [0.05, 0.1) is 13.2 Å². The number of carbonyl (C=O) groups is 1. The van der Waals surface area contributed by atoms with Crippen molar-refractivity contribution in [3.8, 4) is 5.75 Å². The predicted octanol–water partition coefficient (Wildman–Crippen LogP) is 2.79. The number of para-hydroxylation sites is 1. The first kappa shape index (κ1) is 20.9. The highest BCUT2D eigenvalue weighted by molar-refractivity contribution is 5.73. The number of anilines is 1. The van der Waals surface area contributed by atoms with Gasteiger partial charge in [-0.1, -0.05) is 24.3 Å². The number of urea groups is 1. The van der Waals surface area contributed by atoms with Gasteiger partial charge in [0.2, 0.25) is 0 Å². The molecule has 1 aliphatic rings. The summed E-state index contributed by atoms with van der Waals surface area (Å²) in [5, 5.41) is 5.87. The Morgan fingerprint density at radius 1 is 1.17 bits per heavy atom. The van der Waals surface area contributed by atoms with Crippen LogP contribution in [-0.4, -0.2) is 56.8 Å². The van der Waals surface area contributed by atoms with E-state index in [-0.39, 0.29) is 12.1 Å². The minimum absolute atomic E-state index is 0.0123. The maximum Gasteiger partial charge on any atom is 0.315 e. The fourth-order valence-corrected chi connectivity index (χ4v) is 3.60. The molecule has 1 aliphatic heterocycles. The summed E-state index contributed by atoms with van der Waals surface area (Å²) in [4.78, 5) is 21.2. The number of ether oxygens (including phenoxy) is 1. The van der Waals surface area contributed by atoms with Crippen molar-refractivity contribution in [2.24, 2.45) is 0 Å². The molecule has 1 aromatic heterocycles. The van der Waals surface area contributed by atoms with Crippen LogP contribution in [0.3, 0.4) is 0 Å². The van der Waals surface area contributed by atoms with E-state index in [2.05, 4.69) is 25.4 Å². The molecule has 2 amide bonds. The minimum Gasteiger partial charge on any atom is -0.496 e. The third kappa shape index (κ3) is 5.60.